The Balaban J connectivity index is 1.59. The van der Waals surface area contributed by atoms with E-state index in [0.29, 0.717) is 11.3 Å². The Bertz CT molecular complexity index is 974. The molecule has 140 valence electrons. The molecule has 0 aliphatic rings. The van der Waals surface area contributed by atoms with E-state index in [4.69, 9.17) is 9.47 Å². The van der Waals surface area contributed by atoms with E-state index in [2.05, 4.69) is 10.3 Å². The average Bonchev–Trinajstić information content (AvgIpc) is 2.74. The van der Waals surface area contributed by atoms with Gasteiger partial charge in [0.15, 0.2) is 6.61 Å². The van der Waals surface area contributed by atoms with Crippen LogP contribution in [-0.4, -0.2) is 29.4 Å². The van der Waals surface area contributed by atoms with Gasteiger partial charge in [-0.3, -0.25) is 14.9 Å². The number of esters is 1. The number of hydrogen-bond donors (Lipinski definition) is 1. The van der Waals surface area contributed by atoms with Crippen molar-refractivity contribution in [3.05, 3.63) is 90.1 Å². The molecular weight excluding hydrogens is 360 g/mol. The number of rotatable bonds is 6. The third-order valence-corrected chi connectivity index (χ3v) is 3.57. The summed E-state index contributed by atoms with van der Waals surface area (Å²) in [7, 11) is 0. The fraction of sp³-hybridized carbons (Fsp3) is 0.0476. The molecule has 0 atom stereocenters. The zero-order valence-corrected chi connectivity index (χ0v) is 14.7. The van der Waals surface area contributed by atoms with Gasteiger partial charge in [-0.1, -0.05) is 36.4 Å². The molecule has 2 aromatic carbocycles. The predicted molar refractivity (Wildman–Crippen MR) is 100.0 cm³/mol. The summed E-state index contributed by atoms with van der Waals surface area (Å²) < 4.78 is 10.6. The van der Waals surface area contributed by atoms with E-state index >= 15 is 0 Å². The molecule has 3 rings (SSSR count). The van der Waals surface area contributed by atoms with E-state index < -0.39 is 24.4 Å². The van der Waals surface area contributed by atoms with Gasteiger partial charge in [-0.15, -0.1) is 0 Å². The second-order valence-electron chi connectivity index (χ2n) is 5.59. The van der Waals surface area contributed by atoms with E-state index in [1.165, 1.54) is 12.3 Å². The topological polar surface area (TPSA) is 94.6 Å². The Morgan fingerprint density at radius 1 is 0.857 bits per heavy atom. The van der Waals surface area contributed by atoms with Crippen LogP contribution in [-0.2, 0) is 9.53 Å². The third-order valence-electron chi connectivity index (χ3n) is 3.57. The normalized spacial score (nSPS) is 10.0. The van der Waals surface area contributed by atoms with Gasteiger partial charge in [-0.25, -0.2) is 9.78 Å². The van der Waals surface area contributed by atoms with Crippen LogP contribution in [0.15, 0.2) is 79.0 Å². The maximum absolute atomic E-state index is 12.3. The van der Waals surface area contributed by atoms with Crippen LogP contribution in [0.1, 0.15) is 20.7 Å². The Hall–Kier alpha value is -4.00. The lowest BCUT2D eigenvalue weighted by Crippen LogP contribution is -2.34. The number of carbonyl (C=O) groups excluding carboxylic acids is 3. The maximum Gasteiger partial charge on any atom is 0.344 e. The summed E-state index contributed by atoms with van der Waals surface area (Å²) in [5.74, 6) is -1.55. The van der Waals surface area contributed by atoms with Gasteiger partial charge >= 0.3 is 5.97 Å². The molecule has 0 aliphatic carbocycles. The highest BCUT2D eigenvalue weighted by molar-refractivity contribution is 6.05. The lowest BCUT2D eigenvalue weighted by Gasteiger charge is -2.10. The molecule has 0 fully saturated rings. The van der Waals surface area contributed by atoms with Crippen molar-refractivity contribution in [2.75, 3.05) is 6.61 Å². The van der Waals surface area contributed by atoms with Crippen LogP contribution in [0, 0.1) is 0 Å². The number of aromatic nitrogens is 1. The summed E-state index contributed by atoms with van der Waals surface area (Å²) in [6.07, 6.45) is 1.47. The first-order valence-electron chi connectivity index (χ1n) is 8.38. The number of carbonyl (C=O) groups is 3. The highest BCUT2D eigenvalue weighted by Crippen LogP contribution is 2.23. The van der Waals surface area contributed by atoms with E-state index in [1.807, 2.05) is 6.07 Å². The van der Waals surface area contributed by atoms with E-state index in [1.54, 1.807) is 60.7 Å². The molecule has 0 aliphatic heterocycles. The molecule has 1 aromatic heterocycles. The number of benzene rings is 2. The van der Waals surface area contributed by atoms with Gasteiger partial charge in [0, 0.05) is 11.8 Å². The fourth-order valence-electron chi connectivity index (χ4n) is 2.26. The van der Waals surface area contributed by atoms with Gasteiger partial charge in [-0.05, 0) is 36.4 Å². The standard InChI is InChI=1S/C21H16N2O5/c24-18(23-19(25)15-8-3-1-4-9-15)14-27-21(26)17-12-7-13-22-20(17)28-16-10-5-2-6-11-16/h1-13H,14H2,(H,23,24,25). The summed E-state index contributed by atoms with van der Waals surface area (Å²) in [6, 6.07) is 20.1. The lowest BCUT2D eigenvalue weighted by molar-refractivity contribution is -0.123. The molecule has 7 heteroatoms. The molecule has 0 spiro atoms. The van der Waals surface area contributed by atoms with Crippen molar-refractivity contribution in [2.45, 2.75) is 0 Å². The van der Waals surface area contributed by atoms with Gasteiger partial charge in [0.05, 0.1) is 0 Å². The highest BCUT2D eigenvalue weighted by atomic mass is 16.5. The molecule has 2 amide bonds. The molecule has 0 unspecified atom stereocenters. The van der Waals surface area contributed by atoms with Gasteiger partial charge in [-0.2, -0.15) is 0 Å². The van der Waals surface area contributed by atoms with Crippen molar-refractivity contribution in [1.29, 1.82) is 0 Å². The third kappa shape index (κ3) is 5.01. The molecule has 0 saturated carbocycles. The molecule has 0 bridgehead atoms. The van der Waals surface area contributed by atoms with Crippen molar-refractivity contribution in [3.8, 4) is 11.6 Å². The molecule has 28 heavy (non-hydrogen) atoms. The van der Waals surface area contributed by atoms with Crippen molar-refractivity contribution in [1.82, 2.24) is 10.3 Å². The number of nitrogens with zero attached hydrogens (tertiary/aromatic N) is 1. The minimum Gasteiger partial charge on any atom is -0.452 e. The SMILES string of the molecule is O=C(COC(=O)c1cccnc1Oc1ccccc1)NC(=O)c1ccccc1. The Kier molecular flexibility index (Phi) is 6.10. The second kappa shape index (κ2) is 9.09. The van der Waals surface area contributed by atoms with Crippen LogP contribution >= 0.6 is 0 Å². The lowest BCUT2D eigenvalue weighted by atomic mass is 10.2. The van der Waals surface area contributed by atoms with E-state index in [9.17, 15) is 14.4 Å². The molecule has 1 N–H and O–H groups in total. The Morgan fingerprint density at radius 3 is 2.25 bits per heavy atom. The van der Waals surface area contributed by atoms with Crippen LogP contribution in [0.4, 0.5) is 0 Å². The number of amides is 2. The monoisotopic (exact) mass is 376 g/mol. The number of pyridine rings is 1. The molecule has 1 heterocycles. The van der Waals surface area contributed by atoms with Crippen LogP contribution < -0.4 is 10.1 Å². The van der Waals surface area contributed by atoms with Gasteiger partial charge < -0.3 is 9.47 Å². The summed E-state index contributed by atoms with van der Waals surface area (Å²) >= 11 is 0. The first-order valence-corrected chi connectivity index (χ1v) is 8.38. The first-order chi connectivity index (χ1) is 13.6. The van der Waals surface area contributed by atoms with Crippen molar-refractivity contribution >= 4 is 17.8 Å². The molecule has 0 radical (unpaired) electrons. The first kappa shape index (κ1) is 18.8. The van der Waals surface area contributed by atoms with E-state index in [-0.39, 0.29) is 11.4 Å². The zero-order chi connectivity index (χ0) is 19.8. The van der Waals surface area contributed by atoms with Crippen LogP contribution in [0.2, 0.25) is 0 Å². The van der Waals surface area contributed by atoms with Crippen LogP contribution in [0.3, 0.4) is 0 Å². The Labute approximate surface area is 160 Å². The predicted octanol–water partition coefficient (Wildman–Crippen LogP) is 2.99. The smallest absolute Gasteiger partial charge is 0.344 e. The fourth-order valence-corrected chi connectivity index (χ4v) is 2.26. The summed E-state index contributed by atoms with van der Waals surface area (Å²) in [6.45, 7) is -0.614. The Morgan fingerprint density at radius 2 is 1.54 bits per heavy atom. The minimum atomic E-state index is -0.790. The van der Waals surface area contributed by atoms with Gasteiger partial charge in [0.2, 0.25) is 5.88 Å². The summed E-state index contributed by atoms with van der Waals surface area (Å²) in [4.78, 5) is 40.1. The van der Waals surface area contributed by atoms with Crippen LogP contribution in [0.5, 0.6) is 11.6 Å². The number of hydrogen-bond acceptors (Lipinski definition) is 6. The van der Waals surface area contributed by atoms with E-state index in [0.717, 1.165) is 0 Å². The number of imide groups is 1. The minimum absolute atomic E-state index is 0.0551. The van der Waals surface area contributed by atoms with Crippen LogP contribution in [0.25, 0.3) is 0 Å². The van der Waals surface area contributed by atoms with Crippen molar-refractivity contribution in [2.24, 2.45) is 0 Å². The van der Waals surface area contributed by atoms with Gasteiger partial charge in [0.25, 0.3) is 11.8 Å². The number of nitrogens with one attached hydrogen (secondary N) is 1. The average molecular weight is 376 g/mol. The molecule has 3 aromatic rings. The molecule has 0 saturated heterocycles. The zero-order valence-electron chi connectivity index (χ0n) is 14.7. The second-order valence-corrected chi connectivity index (χ2v) is 5.59. The number of para-hydroxylation sites is 1. The quantitative estimate of drug-likeness (QED) is 0.665. The van der Waals surface area contributed by atoms with Crippen molar-refractivity contribution < 1.29 is 23.9 Å². The highest BCUT2D eigenvalue weighted by Gasteiger charge is 2.18. The summed E-state index contributed by atoms with van der Waals surface area (Å²) in [5, 5.41) is 2.16. The largest absolute Gasteiger partial charge is 0.452 e. The molecule has 7 nitrogen and oxygen atoms in total. The van der Waals surface area contributed by atoms with Crippen molar-refractivity contribution in [3.63, 3.8) is 0 Å². The molecular formula is C21H16N2O5. The number of ether oxygens (including phenoxy) is 2. The summed E-state index contributed by atoms with van der Waals surface area (Å²) in [5.41, 5.74) is 0.390. The van der Waals surface area contributed by atoms with Gasteiger partial charge in [0.1, 0.15) is 11.3 Å². The maximum atomic E-state index is 12.3.